The van der Waals surface area contributed by atoms with Gasteiger partial charge in [0.2, 0.25) is 0 Å². The third-order valence-electron chi connectivity index (χ3n) is 2.08. The van der Waals surface area contributed by atoms with Gasteiger partial charge in [0.05, 0.1) is 11.5 Å². The van der Waals surface area contributed by atoms with Crippen LogP contribution in [-0.4, -0.2) is 20.5 Å². The molecule has 0 aliphatic rings. The van der Waals surface area contributed by atoms with E-state index in [0.29, 0.717) is 23.7 Å². The summed E-state index contributed by atoms with van der Waals surface area (Å²) < 4.78 is 1.62. The van der Waals surface area contributed by atoms with Gasteiger partial charge in [0.15, 0.2) is 0 Å². The Balaban J connectivity index is 2.96. The minimum atomic E-state index is -0.392. The highest BCUT2D eigenvalue weighted by Gasteiger charge is 2.20. The van der Waals surface area contributed by atoms with Crippen LogP contribution in [0.2, 0.25) is 0 Å². The number of rotatable bonds is 4. The molecule has 82 valence electrons. The number of nitro groups is 1. The molecule has 0 saturated heterocycles. The Morgan fingerprint density at radius 2 is 2.20 bits per heavy atom. The minimum absolute atomic E-state index is 0.106. The smallest absolute Gasteiger partial charge is 0.259 e. The molecule has 5 nitrogen and oxygen atoms in total. The zero-order valence-electron chi connectivity index (χ0n) is 8.67. The van der Waals surface area contributed by atoms with E-state index < -0.39 is 4.92 Å². The Kier molecular flexibility index (Phi) is 3.90. The molecule has 0 aliphatic carbocycles. The molecule has 0 atom stereocenters. The summed E-state index contributed by atoms with van der Waals surface area (Å²) in [6.45, 7) is 3.89. The molecule has 15 heavy (non-hydrogen) atoms. The van der Waals surface area contributed by atoms with E-state index in [0.717, 1.165) is 0 Å². The van der Waals surface area contributed by atoms with Crippen molar-refractivity contribution < 1.29 is 4.92 Å². The van der Waals surface area contributed by atoms with Crippen LogP contribution in [0.25, 0.3) is 0 Å². The largest absolute Gasteiger partial charge is 0.312 e. The van der Waals surface area contributed by atoms with Gasteiger partial charge in [-0.25, -0.2) is 0 Å². The lowest BCUT2D eigenvalue weighted by Gasteiger charge is -1.97. The number of hydrogen-bond donors (Lipinski definition) is 1. The van der Waals surface area contributed by atoms with E-state index in [1.807, 2.05) is 12.2 Å². The molecule has 1 rings (SSSR count). The van der Waals surface area contributed by atoms with E-state index in [9.17, 15) is 10.1 Å². The predicted octanol–water partition coefficient (Wildman–Crippen LogP) is 1.89. The molecule has 1 aromatic heterocycles. The van der Waals surface area contributed by atoms with Crippen LogP contribution in [0.4, 0.5) is 5.69 Å². The molecule has 0 aliphatic heterocycles. The van der Waals surface area contributed by atoms with Gasteiger partial charge in [-0.2, -0.15) is 17.7 Å². The Morgan fingerprint density at radius 1 is 1.53 bits per heavy atom. The number of aryl methyl sites for hydroxylation is 1. The van der Waals surface area contributed by atoms with Crippen LogP contribution in [0.15, 0.2) is 12.2 Å². The van der Waals surface area contributed by atoms with Crippen LogP contribution in [-0.2, 0) is 6.54 Å². The van der Waals surface area contributed by atoms with Crippen molar-refractivity contribution >= 4 is 18.3 Å². The Bertz CT molecular complexity index is 398. The van der Waals surface area contributed by atoms with Crippen LogP contribution in [0.1, 0.15) is 11.4 Å². The number of thiol groups is 1. The molecule has 0 fully saturated rings. The second-order valence-corrected chi connectivity index (χ2v) is 3.48. The molecule has 0 amide bonds. The average Bonchev–Trinajstić information content (AvgIpc) is 2.42. The van der Waals surface area contributed by atoms with Crippen molar-refractivity contribution in [2.45, 2.75) is 20.4 Å². The fourth-order valence-corrected chi connectivity index (χ4v) is 1.53. The standard InChI is InChI=1S/C9H13N3O2S/c1-7-9(12(13)14)8(2)11(10-7)5-3-4-6-15/h3-4,15H,5-6H2,1-2H3. The van der Waals surface area contributed by atoms with Gasteiger partial charge in [0.25, 0.3) is 0 Å². The van der Waals surface area contributed by atoms with Crippen molar-refractivity contribution in [3.8, 4) is 0 Å². The van der Waals surface area contributed by atoms with Crippen molar-refractivity contribution in [2.75, 3.05) is 5.75 Å². The second-order valence-electron chi connectivity index (χ2n) is 3.11. The summed E-state index contributed by atoms with van der Waals surface area (Å²) in [6.07, 6.45) is 3.77. The van der Waals surface area contributed by atoms with Gasteiger partial charge >= 0.3 is 5.69 Å². The summed E-state index contributed by atoms with van der Waals surface area (Å²) in [5.74, 6) is 0.654. The van der Waals surface area contributed by atoms with E-state index in [2.05, 4.69) is 17.7 Å². The summed E-state index contributed by atoms with van der Waals surface area (Å²) in [5, 5.41) is 14.8. The molecule has 1 aromatic rings. The van der Waals surface area contributed by atoms with Crippen LogP contribution in [0.3, 0.4) is 0 Å². The van der Waals surface area contributed by atoms with E-state index in [1.54, 1.807) is 18.5 Å². The maximum atomic E-state index is 10.7. The van der Waals surface area contributed by atoms with Crippen molar-refractivity contribution in [2.24, 2.45) is 0 Å². The van der Waals surface area contributed by atoms with Gasteiger partial charge in [-0.1, -0.05) is 12.2 Å². The van der Waals surface area contributed by atoms with Crippen molar-refractivity contribution in [3.05, 3.63) is 33.7 Å². The van der Waals surface area contributed by atoms with Gasteiger partial charge < -0.3 is 0 Å². The quantitative estimate of drug-likeness (QED) is 0.370. The molecule has 0 aromatic carbocycles. The first-order chi connectivity index (χ1) is 7.07. The van der Waals surface area contributed by atoms with Crippen molar-refractivity contribution in [3.63, 3.8) is 0 Å². The molecule has 0 N–H and O–H groups in total. The predicted molar refractivity (Wildman–Crippen MR) is 61.3 cm³/mol. The SMILES string of the molecule is Cc1nn(CC=CCS)c(C)c1[N+](=O)[O-]. The lowest BCUT2D eigenvalue weighted by molar-refractivity contribution is -0.386. The van der Waals surface area contributed by atoms with Gasteiger partial charge in [0.1, 0.15) is 11.4 Å². The molecule has 0 radical (unpaired) electrons. The Labute approximate surface area is 93.3 Å². The van der Waals surface area contributed by atoms with E-state index in [4.69, 9.17) is 0 Å². The van der Waals surface area contributed by atoms with Gasteiger partial charge in [0, 0.05) is 5.75 Å². The summed E-state index contributed by atoms with van der Waals surface area (Å²) in [4.78, 5) is 10.3. The number of aromatic nitrogens is 2. The first-order valence-corrected chi connectivity index (χ1v) is 5.15. The highest BCUT2D eigenvalue weighted by molar-refractivity contribution is 7.80. The first kappa shape index (κ1) is 11.8. The maximum absolute atomic E-state index is 10.7. The van der Waals surface area contributed by atoms with Gasteiger partial charge in [-0.05, 0) is 13.8 Å². The third kappa shape index (κ3) is 2.59. The van der Waals surface area contributed by atoms with E-state index in [-0.39, 0.29) is 5.69 Å². The second kappa shape index (κ2) is 4.97. The topological polar surface area (TPSA) is 61.0 Å². The molecular weight excluding hydrogens is 214 g/mol. The lowest BCUT2D eigenvalue weighted by Crippen LogP contribution is -2.00. The molecular formula is C9H13N3O2S. The Hall–Kier alpha value is -1.30. The molecule has 0 saturated carbocycles. The fraction of sp³-hybridized carbons (Fsp3) is 0.444. The monoisotopic (exact) mass is 227 g/mol. The van der Waals surface area contributed by atoms with Crippen LogP contribution in [0, 0.1) is 24.0 Å². The summed E-state index contributed by atoms with van der Waals surface area (Å²) >= 11 is 4.03. The van der Waals surface area contributed by atoms with Crippen molar-refractivity contribution in [1.82, 2.24) is 9.78 Å². The van der Waals surface area contributed by atoms with E-state index in [1.165, 1.54) is 0 Å². The molecule has 0 bridgehead atoms. The summed E-state index contributed by atoms with van der Waals surface area (Å²) in [7, 11) is 0. The summed E-state index contributed by atoms with van der Waals surface area (Å²) in [6, 6.07) is 0. The lowest BCUT2D eigenvalue weighted by atomic mass is 10.3. The number of hydrogen-bond acceptors (Lipinski definition) is 4. The molecule has 0 unspecified atom stereocenters. The molecule has 0 spiro atoms. The Morgan fingerprint density at radius 3 is 2.67 bits per heavy atom. The minimum Gasteiger partial charge on any atom is -0.259 e. The zero-order valence-corrected chi connectivity index (χ0v) is 9.57. The highest BCUT2D eigenvalue weighted by Crippen LogP contribution is 2.21. The zero-order chi connectivity index (χ0) is 11.4. The number of nitrogens with zero attached hydrogens (tertiary/aromatic N) is 3. The van der Waals surface area contributed by atoms with Crippen molar-refractivity contribution in [1.29, 1.82) is 0 Å². The number of allylic oxidation sites excluding steroid dienone is 1. The normalized spacial score (nSPS) is 11.1. The molecule has 1 heterocycles. The summed E-state index contributed by atoms with van der Waals surface area (Å²) in [5.41, 5.74) is 1.15. The third-order valence-corrected chi connectivity index (χ3v) is 2.29. The van der Waals surface area contributed by atoms with E-state index >= 15 is 0 Å². The highest BCUT2D eigenvalue weighted by atomic mass is 32.1. The average molecular weight is 227 g/mol. The fourth-order valence-electron chi connectivity index (χ4n) is 1.38. The maximum Gasteiger partial charge on any atom is 0.312 e. The van der Waals surface area contributed by atoms with Crippen LogP contribution >= 0.6 is 12.6 Å². The molecule has 6 heteroatoms. The van der Waals surface area contributed by atoms with Crippen LogP contribution < -0.4 is 0 Å². The van der Waals surface area contributed by atoms with Crippen LogP contribution in [0.5, 0.6) is 0 Å². The van der Waals surface area contributed by atoms with Gasteiger partial charge in [-0.15, -0.1) is 0 Å². The van der Waals surface area contributed by atoms with Gasteiger partial charge in [-0.3, -0.25) is 14.8 Å². The first-order valence-electron chi connectivity index (χ1n) is 4.52.